The maximum atomic E-state index is 13.7. The second-order valence-electron chi connectivity index (χ2n) is 9.99. The van der Waals surface area contributed by atoms with Crippen LogP contribution in [-0.2, 0) is 23.0 Å². The molecule has 1 aliphatic heterocycles. The van der Waals surface area contributed by atoms with Crippen LogP contribution in [0.5, 0.6) is 0 Å². The topological polar surface area (TPSA) is 73.8 Å². The third-order valence-corrected chi connectivity index (χ3v) is 10.1. The number of rotatable bonds is 7. The molecule has 1 aliphatic rings. The molecule has 5 rings (SSSR count). The zero-order valence-corrected chi connectivity index (χ0v) is 25.0. The van der Waals surface area contributed by atoms with Gasteiger partial charge < -0.3 is 4.90 Å². The van der Waals surface area contributed by atoms with Gasteiger partial charge in [0.05, 0.1) is 15.1 Å². The van der Waals surface area contributed by atoms with Crippen molar-refractivity contribution in [2.75, 3.05) is 38.6 Å². The molecule has 206 valence electrons. The Hall–Kier alpha value is -2.82. The van der Waals surface area contributed by atoms with Crippen molar-refractivity contribution in [3.8, 4) is 0 Å². The fraction of sp³-hybridized carbons (Fsp3) is 0.310. The van der Waals surface area contributed by atoms with Crippen LogP contribution in [0.1, 0.15) is 32.6 Å². The Labute approximate surface area is 240 Å². The standard InChI is InChI=1S/C29H32N4O3S2.ClH/c1-20-9-14-26-27(21(20)2)30-29(37-26)33(18-17-31(3)4)28(34)23-10-12-25(13-11-23)38(35,36)32-16-15-22-7-5-6-8-24(22)19-32;/h5-14H,15-19H2,1-4H3;1H. The van der Waals surface area contributed by atoms with E-state index in [4.69, 9.17) is 4.98 Å². The van der Waals surface area contributed by atoms with E-state index in [1.165, 1.54) is 21.2 Å². The van der Waals surface area contributed by atoms with Crippen LogP contribution in [0.15, 0.2) is 65.6 Å². The SMILES string of the molecule is Cc1ccc2sc(N(CCN(C)C)C(=O)c3ccc(S(=O)(=O)N4CCc5ccccc5C4)cc3)nc2c1C.Cl. The summed E-state index contributed by atoms with van der Waals surface area (Å²) in [6.45, 7) is 6.04. The van der Waals surface area contributed by atoms with Crippen LogP contribution in [-0.4, -0.2) is 62.2 Å². The van der Waals surface area contributed by atoms with Crippen LogP contribution in [0.2, 0.25) is 0 Å². The molecule has 0 bridgehead atoms. The molecule has 4 aromatic rings. The lowest BCUT2D eigenvalue weighted by molar-refractivity contribution is 0.0985. The first-order valence-corrected chi connectivity index (χ1v) is 14.9. The summed E-state index contributed by atoms with van der Waals surface area (Å²) in [4.78, 5) is 22.5. The van der Waals surface area contributed by atoms with E-state index in [1.807, 2.05) is 50.2 Å². The smallest absolute Gasteiger partial charge is 0.260 e. The summed E-state index contributed by atoms with van der Waals surface area (Å²) < 4.78 is 29.3. The van der Waals surface area contributed by atoms with Gasteiger partial charge in [0, 0.05) is 31.7 Å². The first-order valence-electron chi connectivity index (χ1n) is 12.7. The molecule has 1 amide bonds. The Balaban J connectivity index is 0.00000353. The minimum absolute atomic E-state index is 0. The third-order valence-electron chi connectivity index (χ3n) is 7.16. The highest BCUT2D eigenvalue weighted by Gasteiger charge is 2.29. The molecule has 0 saturated carbocycles. The molecule has 0 fully saturated rings. The third kappa shape index (κ3) is 5.88. The highest BCUT2D eigenvalue weighted by molar-refractivity contribution is 7.89. The van der Waals surface area contributed by atoms with Gasteiger partial charge in [0.15, 0.2) is 5.13 Å². The molecule has 0 unspecified atom stereocenters. The normalized spacial score (nSPS) is 13.8. The number of carbonyl (C=O) groups is 1. The summed E-state index contributed by atoms with van der Waals surface area (Å²) in [5.74, 6) is -0.198. The fourth-order valence-corrected chi connectivity index (χ4v) is 7.13. The van der Waals surface area contributed by atoms with Gasteiger partial charge in [0.25, 0.3) is 5.91 Å². The molecule has 39 heavy (non-hydrogen) atoms. The summed E-state index contributed by atoms with van der Waals surface area (Å²) in [7, 11) is 0.255. The van der Waals surface area contributed by atoms with Crippen LogP contribution in [0.4, 0.5) is 5.13 Å². The lowest BCUT2D eigenvalue weighted by Gasteiger charge is -2.28. The first kappa shape index (κ1) is 29.2. The predicted octanol–water partition coefficient (Wildman–Crippen LogP) is 5.29. The Morgan fingerprint density at radius 3 is 2.36 bits per heavy atom. The number of hydrogen-bond acceptors (Lipinski definition) is 6. The lowest BCUT2D eigenvalue weighted by atomic mass is 10.0. The number of fused-ring (bicyclic) bond motifs is 2. The van der Waals surface area contributed by atoms with Crippen molar-refractivity contribution >= 4 is 55.0 Å². The molecule has 0 atom stereocenters. The quantitative estimate of drug-likeness (QED) is 0.295. The van der Waals surface area contributed by atoms with Crippen LogP contribution >= 0.6 is 23.7 Å². The van der Waals surface area contributed by atoms with Crippen LogP contribution in [0, 0.1) is 13.8 Å². The molecule has 0 saturated heterocycles. The number of hydrogen-bond donors (Lipinski definition) is 0. The van der Waals surface area contributed by atoms with Crippen molar-refractivity contribution in [2.24, 2.45) is 0 Å². The van der Waals surface area contributed by atoms with Gasteiger partial charge in [-0.1, -0.05) is 41.7 Å². The van der Waals surface area contributed by atoms with Crippen molar-refractivity contribution in [3.63, 3.8) is 0 Å². The van der Waals surface area contributed by atoms with E-state index < -0.39 is 10.0 Å². The highest BCUT2D eigenvalue weighted by Crippen LogP contribution is 2.33. The van der Waals surface area contributed by atoms with Gasteiger partial charge in [-0.05, 0) is 86.9 Å². The number of anilines is 1. The zero-order chi connectivity index (χ0) is 27.0. The van der Waals surface area contributed by atoms with Gasteiger partial charge in [-0.2, -0.15) is 4.31 Å². The summed E-state index contributed by atoms with van der Waals surface area (Å²) in [6, 6.07) is 18.4. The van der Waals surface area contributed by atoms with Crippen molar-refractivity contribution in [1.82, 2.24) is 14.2 Å². The van der Waals surface area contributed by atoms with Crippen LogP contribution in [0.25, 0.3) is 10.2 Å². The van der Waals surface area contributed by atoms with E-state index in [-0.39, 0.29) is 23.2 Å². The van der Waals surface area contributed by atoms with Crippen LogP contribution < -0.4 is 4.90 Å². The average molecular weight is 585 g/mol. The van der Waals surface area contributed by atoms with Gasteiger partial charge in [-0.25, -0.2) is 13.4 Å². The van der Waals surface area contributed by atoms with E-state index in [0.29, 0.717) is 43.3 Å². The number of benzene rings is 3. The largest absolute Gasteiger partial charge is 0.308 e. The van der Waals surface area contributed by atoms with Gasteiger partial charge in [0.1, 0.15) is 0 Å². The Morgan fingerprint density at radius 1 is 0.974 bits per heavy atom. The van der Waals surface area contributed by atoms with Gasteiger partial charge in [0.2, 0.25) is 10.0 Å². The monoisotopic (exact) mass is 584 g/mol. The van der Waals surface area contributed by atoms with Crippen molar-refractivity contribution in [3.05, 3.63) is 88.5 Å². The number of halogens is 1. The number of aryl methyl sites for hydroxylation is 2. The number of likely N-dealkylation sites (N-methyl/N-ethyl adjacent to an activating group) is 1. The summed E-state index contributed by atoms with van der Waals surface area (Å²) in [5, 5.41) is 0.643. The molecule has 3 aromatic carbocycles. The molecule has 2 heterocycles. The molecular formula is C29H33ClN4O3S2. The van der Waals surface area contributed by atoms with Crippen LogP contribution in [0.3, 0.4) is 0 Å². The number of thiazole rings is 1. The number of carbonyl (C=O) groups excluding carboxylic acids is 1. The fourth-order valence-electron chi connectivity index (χ4n) is 4.66. The van der Waals surface area contributed by atoms with Gasteiger partial charge in [-0.15, -0.1) is 12.4 Å². The van der Waals surface area contributed by atoms with E-state index in [9.17, 15) is 13.2 Å². The van der Waals surface area contributed by atoms with E-state index in [1.54, 1.807) is 29.2 Å². The number of sulfonamides is 1. The molecule has 0 spiro atoms. The predicted molar refractivity (Wildman–Crippen MR) is 161 cm³/mol. The second kappa shape index (κ2) is 11.7. The van der Waals surface area contributed by atoms with Crippen molar-refractivity contribution in [2.45, 2.75) is 31.7 Å². The number of aromatic nitrogens is 1. The van der Waals surface area contributed by atoms with Crippen molar-refractivity contribution < 1.29 is 13.2 Å². The lowest BCUT2D eigenvalue weighted by Crippen LogP contribution is -2.37. The van der Waals surface area contributed by atoms with Gasteiger partial charge >= 0.3 is 0 Å². The van der Waals surface area contributed by atoms with E-state index in [2.05, 4.69) is 19.1 Å². The maximum Gasteiger partial charge on any atom is 0.260 e. The Kier molecular flexibility index (Phi) is 8.78. The minimum atomic E-state index is -3.68. The van der Waals surface area contributed by atoms with E-state index >= 15 is 0 Å². The molecule has 7 nitrogen and oxygen atoms in total. The summed E-state index contributed by atoms with van der Waals surface area (Å²) in [5.41, 5.74) is 5.84. The molecule has 1 aromatic heterocycles. The number of amides is 1. The number of nitrogens with zero attached hydrogens (tertiary/aromatic N) is 4. The van der Waals surface area contributed by atoms with E-state index in [0.717, 1.165) is 26.9 Å². The highest BCUT2D eigenvalue weighted by atomic mass is 35.5. The molecule has 0 N–H and O–H groups in total. The Morgan fingerprint density at radius 2 is 1.67 bits per heavy atom. The molecule has 0 aliphatic carbocycles. The second-order valence-corrected chi connectivity index (χ2v) is 12.9. The zero-order valence-electron chi connectivity index (χ0n) is 22.5. The first-order chi connectivity index (χ1) is 18.1. The minimum Gasteiger partial charge on any atom is -0.308 e. The Bertz CT molecular complexity index is 1600. The molecule has 10 heteroatoms. The van der Waals surface area contributed by atoms with Gasteiger partial charge in [-0.3, -0.25) is 9.69 Å². The molecular weight excluding hydrogens is 552 g/mol. The van der Waals surface area contributed by atoms with Crippen molar-refractivity contribution in [1.29, 1.82) is 0 Å². The molecule has 0 radical (unpaired) electrons. The average Bonchev–Trinajstić information content (AvgIpc) is 3.35. The summed E-state index contributed by atoms with van der Waals surface area (Å²) in [6.07, 6.45) is 0.688. The summed E-state index contributed by atoms with van der Waals surface area (Å²) >= 11 is 1.50. The maximum absolute atomic E-state index is 13.7.